The summed E-state index contributed by atoms with van der Waals surface area (Å²) in [6.45, 7) is 0.534. The van der Waals surface area contributed by atoms with Crippen LogP contribution >= 0.6 is 22.9 Å². The third-order valence-corrected chi connectivity index (χ3v) is 3.59. The summed E-state index contributed by atoms with van der Waals surface area (Å²) in [5, 5.41) is 1.67. The molecule has 16 heavy (non-hydrogen) atoms. The highest BCUT2D eigenvalue weighted by atomic mass is 35.5. The summed E-state index contributed by atoms with van der Waals surface area (Å²) in [6, 6.07) is 7.66. The fraction of sp³-hybridized carbons (Fsp3) is 0.182. The summed E-state index contributed by atoms with van der Waals surface area (Å²) in [7, 11) is 1.97. The summed E-state index contributed by atoms with van der Waals surface area (Å²) in [4.78, 5) is 7.41. The van der Waals surface area contributed by atoms with E-state index >= 15 is 0 Å². The van der Waals surface area contributed by atoms with Crippen LogP contribution in [0.3, 0.4) is 0 Å². The van der Waals surface area contributed by atoms with Gasteiger partial charge in [-0.05, 0) is 24.3 Å². The van der Waals surface area contributed by atoms with Gasteiger partial charge < -0.3 is 10.6 Å². The van der Waals surface area contributed by atoms with E-state index in [1.165, 1.54) is 0 Å². The Morgan fingerprint density at radius 3 is 2.62 bits per heavy atom. The zero-order chi connectivity index (χ0) is 11.5. The largest absolute Gasteiger partial charge is 0.326 e. The predicted molar refractivity (Wildman–Crippen MR) is 69.5 cm³/mol. The Labute approximate surface area is 103 Å². The normalized spacial score (nSPS) is 10.4. The van der Waals surface area contributed by atoms with Gasteiger partial charge in [0.05, 0.1) is 0 Å². The van der Waals surface area contributed by atoms with E-state index in [2.05, 4.69) is 4.98 Å². The van der Waals surface area contributed by atoms with Gasteiger partial charge in [-0.1, -0.05) is 11.6 Å². The second kappa shape index (κ2) is 4.82. The van der Waals surface area contributed by atoms with Gasteiger partial charge in [0, 0.05) is 35.4 Å². The van der Waals surface area contributed by atoms with Crippen LogP contribution in [0, 0.1) is 0 Å². The van der Waals surface area contributed by atoms with Crippen LogP contribution in [0.15, 0.2) is 30.5 Å². The number of nitrogens with two attached hydrogens (primary N) is 1. The monoisotopic (exact) mass is 253 g/mol. The molecular formula is C11H12ClN3S. The fourth-order valence-electron chi connectivity index (χ4n) is 1.32. The molecule has 1 aromatic heterocycles. The van der Waals surface area contributed by atoms with Crippen molar-refractivity contribution >= 4 is 33.8 Å². The molecule has 2 rings (SSSR count). The van der Waals surface area contributed by atoms with E-state index in [0.29, 0.717) is 6.54 Å². The molecule has 0 radical (unpaired) electrons. The third kappa shape index (κ3) is 2.35. The maximum atomic E-state index is 5.84. The maximum Gasteiger partial charge on any atom is 0.189 e. The lowest BCUT2D eigenvalue weighted by atomic mass is 10.3. The van der Waals surface area contributed by atoms with E-state index < -0.39 is 0 Å². The summed E-state index contributed by atoms with van der Waals surface area (Å²) in [5.41, 5.74) is 6.61. The van der Waals surface area contributed by atoms with E-state index in [4.69, 9.17) is 17.3 Å². The van der Waals surface area contributed by atoms with Gasteiger partial charge in [-0.25, -0.2) is 4.98 Å². The first-order valence-corrected chi connectivity index (χ1v) is 6.04. The second-order valence-electron chi connectivity index (χ2n) is 3.35. The van der Waals surface area contributed by atoms with Crippen LogP contribution in [-0.2, 0) is 6.54 Å². The number of hydrogen-bond acceptors (Lipinski definition) is 4. The van der Waals surface area contributed by atoms with Crippen LogP contribution < -0.4 is 10.6 Å². The number of aromatic nitrogens is 1. The second-order valence-corrected chi connectivity index (χ2v) is 4.88. The highest BCUT2D eigenvalue weighted by molar-refractivity contribution is 7.15. The van der Waals surface area contributed by atoms with Gasteiger partial charge in [0.2, 0.25) is 0 Å². The molecule has 0 saturated carbocycles. The van der Waals surface area contributed by atoms with Crippen molar-refractivity contribution in [2.24, 2.45) is 5.73 Å². The average molecular weight is 254 g/mol. The van der Waals surface area contributed by atoms with Crippen molar-refractivity contribution in [3.8, 4) is 0 Å². The van der Waals surface area contributed by atoms with Crippen LogP contribution in [0.2, 0.25) is 5.02 Å². The highest BCUT2D eigenvalue weighted by Gasteiger charge is 2.08. The molecule has 2 N–H and O–H groups in total. The zero-order valence-corrected chi connectivity index (χ0v) is 10.4. The number of anilines is 2. The molecule has 2 aromatic rings. The van der Waals surface area contributed by atoms with Crippen LogP contribution in [-0.4, -0.2) is 12.0 Å². The molecule has 0 aliphatic heterocycles. The van der Waals surface area contributed by atoms with Crippen LogP contribution in [0.1, 0.15) is 4.88 Å². The Balaban J connectivity index is 2.24. The van der Waals surface area contributed by atoms with Crippen molar-refractivity contribution in [3.63, 3.8) is 0 Å². The minimum atomic E-state index is 0.534. The van der Waals surface area contributed by atoms with E-state index in [1.54, 1.807) is 11.3 Å². The topological polar surface area (TPSA) is 42.2 Å². The molecule has 0 aliphatic carbocycles. The molecule has 1 aromatic carbocycles. The standard InChI is InChI=1S/C11H12ClN3S/c1-15(9-4-2-8(12)3-5-9)11-14-7-10(6-13)16-11/h2-5,7H,6,13H2,1H3. The minimum Gasteiger partial charge on any atom is -0.326 e. The molecule has 0 atom stereocenters. The molecule has 0 saturated heterocycles. The van der Waals surface area contributed by atoms with E-state index in [9.17, 15) is 0 Å². The molecule has 0 aliphatic rings. The maximum absolute atomic E-state index is 5.84. The van der Waals surface area contributed by atoms with Crippen LogP contribution in [0.4, 0.5) is 10.8 Å². The van der Waals surface area contributed by atoms with Crippen molar-refractivity contribution in [1.29, 1.82) is 0 Å². The Bertz CT molecular complexity index is 466. The third-order valence-electron chi connectivity index (χ3n) is 2.24. The van der Waals surface area contributed by atoms with Crippen LogP contribution in [0.5, 0.6) is 0 Å². The van der Waals surface area contributed by atoms with E-state index in [1.807, 2.05) is 42.4 Å². The first-order chi connectivity index (χ1) is 7.70. The lowest BCUT2D eigenvalue weighted by molar-refractivity contribution is 1.09. The Morgan fingerprint density at radius 2 is 2.06 bits per heavy atom. The molecule has 0 spiro atoms. The van der Waals surface area contributed by atoms with Gasteiger partial charge in [0.1, 0.15) is 0 Å². The van der Waals surface area contributed by atoms with Crippen molar-refractivity contribution in [2.75, 3.05) is 11.9 Å². The van der Waals surface area contributed by atoms with Gasteiger partial charge in [-0.15, -0.1) is 11.3 Å². The lowest BCUT2D eigenvalue weighted by Crippen LogP contribution is -2.08. The Kier molecular flexibility index (Phi) is 3.43. The Morgan fingerprint density at radius 1 is 1.38 bits per heavy atom. The minimum absolute atomic E-state index is 0.534. The van der Waals surface area contributed by atoms with Gasteiger partial charge in [-0.2, -0.15) is 0 Å². The summed E-state index contributed by atoms with van der Waals surface area (Å²) < 4.78 is 0. The van der Waals surface area contributed by atoms with Crippen molar-refractivity contribution in [3.05, 3.63) is 40.4 Å². The number of benzene rings is 1. The zero-order valence-electron chi connectivity index (χ0n) is 8.85. The van der Waals surface area contributed by atoms with Crippen LogP contribution in [0.25, 0.3) is 0 Å². The summed E-state index contributed by atoms with van der Waals surface area (Å²) >= 11 is 7.44. The number of rotatable bonds is 3. The van der Waals surface area contributed by atoms with Gasteiger partial charge >= 0.3 is 0 Å². The van der Waals surface area contributed by atoms with Crippen molar-refractivity contribution in [2.45, 2.75) is 6.54 Å². The molecule has 0 fully saturated rings. The SMILES string of the molecule is CN(c1ccc(Cl)cc1)c1ncc(CN)s1. The predicted octanol–water partition coefficient (Wildman–Crippen LogP) is 3.02. The average Bonchev–Trinajstić information content (AvgIpc) is 2.77. The molecule has 84 valence electrons. The smallest absolute Gasteiger partial charge is 0.189 e. The number of hydrogen-bond donors (Lipinski definition) is 1. The highest BCUT2D eigenvalue weighted by Crippen LogP contribution is 2.28. The van der Waals surface area contributed by atoms with E-state index in [0.717, 1.165) is 20.7 Å². The first kappa shape index (κ1) is 11.4. The molecular weight excluding hydrogens is 242 g/mol. The number of nitrogens with zero attached hydrogens (tertiary/aromatic N) is 2. The van der Waals surface area contributed by atoms with Crippen molar-refractivity contribution in [1.82, 2.24) is 4.98 Å². The molecule has 0 unspecified atom stereocenters. The Hall–Kier alpha value is -1.10. The van der Waals surface area contributed by atoms with Gasteiger partial charge in [-0.3, -0.25) is 0 Å². The summed E-state index contributed by atoms with van der Waals surface area (Å²) in [6.07, 6.45) is 1.81. The first-order valence-electron chi connectivity index (χ1n) is 4.85. The van der Waals surface area contributed by atoms with E-state index in [-0.39, 0.29) is 0 Å². The number of halogens is 1. The van der Waals surface area contributed by atoms with Gasteiger partial charge in [0.15, 0.2) is 5.13 Å². The lowest BCUT2D eigenvalue weighted by Gasteiger charge is -2.15. The summed E-state index contributed by atoms with van der Waals surface area (Å²) in [5.74, 6) is 0. The molecule has 1 heterocycles. The molecule has 5 heteroatoms. The molecule has 0 amide bonds. The van der Waals surface area contributed by atoms with Crippen molar-refractivity contribution < 1.29 is 0 Å². The quantitative estimate of drug-likeness (QED) is 0.914. The molecule has 3 nitrogen and oxygen atoms in total. The van der Waals surface area contributed by atoms with Gasteiger partial charge in [0.25, 0.3) is 0 Å². The fourth-order valence-corrected chi connectivity index (χ4v) is 2.22. The number of thiazole rings is 1. The molecule has 0 bridgehead atoms.